The van der Waals surface area contributed by atoms with E-state index in [4.69, 9.17) is 5.73 Å². The minimum absolute atomic E-state index is 0. The fraction of sp³-hybridized carbons (Fsp3) is 0.611. The number of hydrogen-bond donors (Lipinski definition) is 1. The number of likely N-dealkylation sites (tertiary alicyclic amines) is 1. The first kappa shape index (κ1) is 21.2. The van der Waals surface area contributed by atoms with E-state index in [-0.39, 0.29) is 35.3 Å². The topological polar surface area (TPSA) is 83.7 Å². The van der Waals surface area contributed by atoms with E-state index in [0.717, 1.165) is 32.1 Å². The molecule has 2 atom stereocenters. The van der Waals surface area contributed by atoms with Crippen LogP contribution in [-0.2, 0) is 10.0 Å². The van der Waals surface area contributed by atoms with Gasteiger partial charge in [-0.2, -0.15) is 4.31 Å². The fourth-order valence-corrected chi connectivity index (χ4v) is 5.48. The van der Waals surface area contributed by atoms with Crippen LogP contribution in [0.15, 0.2) is 29.2 Å². The summed E-state index contributed by atoms with van der Waals surface area (Å²) in [6, 6.07) is 6.42. The highest BCUT2D eigenvalue weighted by Crippen LogP contribution is 2.26. The van der Waals surface area contributed by atoms with Crippen LogP contribution >= 0.6 is 12.4 Å². The molecule has 2 fully saturated rings. The van der Waals surface area contributed by atoms with Crippen LogP contribution in [0.1, 0.15) is 49.4 Å². The van der Waals surface area contributed by atoms with E-state index in [2.05, 4.69) is 0 Å². The standard InChI is InChI=1S/C18H27N3O3S.ClH/c1-14-6-2-3-11-21(14)25(23,24)17-9-4-7-15(12-17)18(22)20-10-5-8-16(19)13-20;/h4,7,9,12,14,16H,2-3,5-6,8,10-11,13,19H2,1H3;1H. The van der Waals surface area contributed by atoms with E-state index in [1.807, 2.05) is 6.92 Å². The van der Waals surface area contributed by atoms with Crippen molar-refractivity contribution in [2.24, 2.45) is 5.73 Å². The molecule has 0 spiro atoms. The number of rotatable bonds is 3. The minimum atomic E-state index is -3.57. The molecule has 2 aliphatic rings. The summed E-state index contributed by atoms with van der Waals surface area (Å²) in [6.45, 7) is 3.69. The van der Waals surface area contributed by atoms with Crippen molar-refractivity contribution in [3.8, 4) is 0 Å². The van der Waals surface area contributed by atoms with Gasteiger partial charge in [-0.15, -0.1) is 12.4 Å². The third-order valence-corrected chi connectivity index (χ3v) is 7.18. The zero-order chi connectivity index (χ0) is 18.0. The summed E-state index contributed by atoms with van der Waals surface area (Å²) in [7, 11) is -3.57. The van der Waals surface area contributed by atoms with Crippen molar-refractivity contribution in [2.45, 2.75) is 56.0 Å². The largest absolute Gasteiger partial charge is 0.337 e. The summed E-state index contributed by atoms with van der Waals surface area (Å²) in [5, 5.41) is 0. The van der Waals surface area contributed by atoms with Crippen LogP contribution in [0.5, 0.6) is 0 Å². The second-order valence-electron chi connectivity index (χ2n) is 7.14. The Kier molecular flexibility index (Phi) is 7.07. The van der Waals surface area contributed by atoms with Gasteiger partial charge < -0.3 is 10.6 Å². The molecule has 2 unspecified atom stereocenters. The Hall–Kier alpha value is -1.15. The van der Waals surface area contributed by atoms with E-state index in [9.17, 15) is 13.2 Å². The molecule has 0 aliphatic carbocycles. The highest BCUT2D eigenvalue weighted by molar-refractivity contribution is 7.89. The number of hydrogen-bond acceptors (Lipinski definition) is 4. The Morgan fingerprint density at radius 3 is 2.62 bits per heavy atom. The molecule has 0 bridgehead atoms. The van der Waals surface area contributed by atoms with E-state index < -0.39 is 10.0 Å². The smallest absolute Gasteiger partial charge is 0.253 e. The van der Waals surface area contributed by atoms with Crippen molar-refractivity contribution in [3.63, 3.8) is 0 Å². The maximum atomic E-state index is 13.0. The van der Waals surface area contributed by atoms with Crippen LogP contribution in [0.25, 0.3) is 0 Å². The summed E-state index contributed by atoms with van der Waals surface area (Å²) in [5.41, 5.74) is 6.37. The number of nitrogens with two attached hydrogens (primary N) is 1. The van der Waals surface area contributed by atoms with Crippen molar-refractivity contribution in [3.05, 3.63) is 29.8 Å². The molecular weight excluding hydrogens is 374 g/mol. The summed E-state index contributed by atoms with van der Waals surface area (Å²) < 4.78 is 27.5. The second kappa shape index (κ2) is 8.69. The second-order valence-corrected chi connectivity index (χ2v) is 9.03. The molecule has 6 nitrogen and oxygen atoms in total. The highest BCUT2D eigenvalue weighted by Gasteiger charge is 2.31. The van der Waals surface area contributed by atoms with E-state index in [1.54, 1.807) is 27.4 Å². The number of sulfonamides is 1. The summed E-state index contributed by atoms with van der Waals surface area (Å²) >= 11 is 0. The number of halogens is 1. The molecule has 26 heavy (non-hydrogen) atoms. The van der Waals surface area contributed by atoms with Gasteiger partial charge in [0, 0.05) is 37.3 Å². The Bertz CT molecular complexity index is 741. The summed E-state index contributed by atoms with van der Waals surface area (Å²) in [6.07, 6.45) is 4.62. The fourth-order valence-electron chi connectivity index (χ4n) is 3.73. The zero-order valence-corrected chi connectivity index (χ0v) is 16.8. The Labute approximate surface area is 162 Å². The third-order valence-electron chi connectivity index (χ3n) is 5.17. The first-order valence-corrected chi connectivity index (χ1v) is 10.5. The molecule has 0 saturated carbocycles. The number of carbonyl (C=O) groups excluding carboxylic acids is 1. The molecule has 3 rings (SSSR count). The van der Waals surface area contributed by atoms with Gasteiger partial charge in [0.05, 0.1) is 4.90 Å². The van der Waals surface area contributed by atoms with Gasteiger partial charge in [-0.1, -0.05) is 12.5 Å². The zero-order valence-electron chi connectivity index (χ0n) is 15.1. The first-order valence-electron chi connectivity index (χ1n) is 9.06. The molecule has 1 amide bonds. The molecule has 1 aromatic carbocycles. The minimum Gasteiger partial charge on any atom is -0.337 e. The molecule has 8 heteroatoms. The predicted molar refractivity (Wildman–Crippen MR) is 104 cm³/mol. The lowest BCUT2D eigenvalue weighted by Crippen LogP contribution is -2.45. The van der Waals surface area contributed by atoms with E-state index in [0.29, 0.717) is 25.2 Å². The maximum absolute atomic E-state index is 13.0. The monoisotopic (exact) mass is 401 g/mol. The molecule has 2 heterocycles. The average Bonchev–Trinajstić information content (AvgIpc) is 2.61. The van der Waals surface area contributed by atoms with Crippen molar-refractivity contribution in [1.29, 1.82) is 0 Å². The number of carbonyl (C=O) groups is 1. The molecule has 1 aromatic rings. The van der Waals surface area contributed by atoms with Gasteiger partial charge in [-0.3, -0.25) is 4.79 Å². The van der Waals surface area contributed by atoms with Crippen LogP contribution in [0.2, 0.25) is 0 Å². The van der Waals surface area contributed by atoms with Crippen LogP contribution in [0.4, 0.5) is 0 Å². The molecule has 0 aromatic heterocycles. The van der Waals surface area contributed by atoms with Gasteiger partial charge >= 0.3 is 0 Å². The molecule has 146 valence electrons. The summed E-state index contributed by atoms with van der Waals surface area (Å²) in [4.78, 5) is 14.7. The van der Waals surface area contributed by atoms with Crippen molar-refractivity contribution >= 4 is 28.3 Å². The number of nitrogens with zero attached hydrogens (tertiary/aromatic N) is 2. The normalized spacial score (nSPS) is 24.8. The third kappa shape index (κ3) is 4.39. The molecule has 2 saturated heterocycles. The highest BCUT2D eigenvalue weighted by atomic mass is 35.5. The number of amides is 1. The number of benzene rings is 1. The van der Waals surface area contributed by atoms with Crippen LogP contribution in [-0.4, -0.2) is 55.2 Å². The van der Waals surface area contributed by atoms with Gasteiger partial charge in [0.15, 0.2) is 0 Å². The molecule has 2 N–H and O–H groups in total. The molecule has 2 aliphatic heterocycles. The van der Waals surface area contributed by atoms with Crippen molar-refractivity contribution in [1.82, 2.24) is 9.21 Å². The van der Waals surface area contributed by atoms with Crippen molar-refractivity contribution in [2.75, 3.05) is 19.6 Å². The van der Waals surface area contributed by atoms with Crippen LogP contribution in [0, 0.1) is 0 Å². The van der Waals surface area contributed by atoms with Gasteiger partial charge in [-0.25, -0.2) is 8.42 Å². The number of piperidine rings is 2. The Morgan fingerprint density at radius 2 is 1.92 bits per heavy atom. The van der Waals surface area contributed by atoms with Crippen LogP contribution in [0.3, 0.4) is 0 Å². The lowest BCUT2D eigenvalue weighted by atomic mass is 10.1. The predicted octanol–water partition coefficient (Wildman–Crippen LogP) is 2.23. The quantitative estimate of drug-likeness (QED) is 0.841. The van der Waals surface area contributed by atoms with Gasteiger partial charge in [0.2, 0.25) is 10.0 Å². The molecule has 0 radical (unpaired) electrons. The lowest BCUT2D eigenvalue weighted by Gasteiger charge is -2.32. The van der Waals surface area contributed by atoms with Crippen molar-refractivity contribution < 1.29 is 13.2 Å². The van der Waals surface area contributed by atoms with Gasteiger partial charge in [-0.05, 0) is 50.8 Å². The Balaban J connectivity index is 0.00000243. The van der Waals surface area contributed by atoms with Gasteiger partial charge in [0.1, 0.15) is 0 Å². The van der Waals surface area contributed by atoms with Gasteiger partial charge in [0.25, 0.3) is 5.91 Å². The Morgan fingerprint density at radius 1 is 1.15 bits per heavy atom. The first-order chi connectivity index (χ1) is 11.9. The summed E-state index contributed by atoms with van der Waals surface area (Å²) in [5.74, 6) is -0.140. The maximum Gasteiger partial charge on any atom is 0.253 e. The van der Waals surface area contributed by atoms with Crippen LogP contribution < -0.4 is 5.73 Å². The van der Waals surface area contributed by atoms with E-state index in [1.165, 1.54) is 6.07 Å². The van der Waals surface area contributed by atoms with E-state index >= 15 is 0 Å². The average molecular weight is 402 g/mol. The SMILES string of the molecule is CC1CCCCN1S(=O)(=O)c1cccc(C(=O)N2CCCC(N)C2)c1.Cl. The lowest BCUT2D eigenvalue weighted by molar-refractivity contribution is 0.0708. The molecular formula is C18H28ClN3O3S.